The summed E-state index contributed by atoms with van der Waals surface area (Å²) >= 11 is 0. The van der Waals surface area contributed by atoms with Crippen LogP contribution in [-0.2, 0) is 11.2 Å². The number of primary amides is 1. The number of hydrogen-bond donors (Lipinski definition) is 1. The molecule has 0 aliphatic heterocycles. The highest BCUT2D eigenvalue weighted by molar-refractivity contribution is 5.73. The molecular weight excluding hydrogens is 132 g/mol. The van der Waals surface area contributed by atoms with Crippen LogP contribution in [0.2, 0.25) is 0 Å². The average molecular weight is 140 g/mol. The van der Waals surface area contributed by atoms with Gasteiger partial charge in [-0.15, -0.1) is 0 Å². The van der Waals surface area contributed by atoms with Gasteiger partial charge in [-0.3, -0.25) is 4.79 Å². The van der Waals surface area contributed by atoms with Crippen LogP contribution >= 0.6 is 0 Å². The molecule has 0 bridgehead atoms. The first kappa shape index (κ1) is 6.80. The number of nitrogens with two attached hydrogens (primary N) is 1. The number of carbonyl (C=O) groups is 1. The third kappa shape index (κ3) is 1.89. The summed E-state index contributed by atoms with van der Waals surface area (Å²) < 4.78 is 4.86. The van der Waals surface area contributed by atoms with E-state index in [1.807, 2.05) is 0 Å². The number of nitrogens with zero attached hydrogens (tertiary/aromatic N) is 1. The van der Waals surface area contributed by atoms with Crippen molar-refractivity contribution in [3.8, 4) is 0 Å². The molecule has 0 aliphatic rings. The van der Waals surface area contributed by atoms with Crippen LogP contribution in [0.1, 0.15) is 12.2 Å². The molecule has 4 nitrogen and oxygen atoms in total. The third-order valence-corrected chi connectivity index (χ3v) is 1.10. The highest BCUT2D eigenvalue weighted by Gasteiger charge is 1.98. The summed E-state index contributed by atoms with van der Waals surface area (Å²) in [7, 11) is 0. The van der Waals surface area contributed by atoms with Gasteiger partial charge in [0.2, 0.25) is 5.91 Å². The van der Waals surface area contributed by atoms with E-state index in [1.165, 1.54) is 6.39 Å². The average Bonchev–Trinajstić information content (AvgIpc) is 2.34. The molecular formula is C6H8N2O2. The molecule has 1 amide bonds. The quantitative estimate of drug-likeness (QED) is 0.647. The minimum Gasteiger partial charge on any atom is -0.449 e. The monoisotopic (exact) mass is 140 g/mol. The number of aromatic nitrogens is 1. The number of rotatable bonds is 3. The predicted octanol–water partition coefficient (Wildman–Crippen LogP) is 0.0925. The van der Waals surface area contributed by atoms with Crippen molar-refractivity contribution in [2.75, 3.05) is 0 Å². The number of hydrogen-bond acceptors (Lipinski definition) is 3. The highest BCUT2D eigenvalue weighted by Crippen LogP contribution is 1.99. The molecule has 0 radical (unpaired) electrons. The van der Waals surface area contributed by atoms with E-state index in [2.05, 4.69) is 4.98 Å². The van der Waals surface area contributed by atoms with E-state index < -0.39 is 0 Å². The summed E-state index contributed by atoms with van der Waals surface area (Å²) in [5.41, 5.74) is 4.91. The fourth-order valence-corrected chi connectivity index (χ4v) is 0.612. The molecule has 1 aromatic rings. The van der Waals surface area contributed by atoms with Gasteiger partial charge in [-0.05, 0) is 0 Å². The number of amides is 1. The second kappa shape index (κ2) is 3.00. The summed E-state index contributed by atoms with van der Waals surface area (Å²) in [6.45, 7) is 0. The van der Waals surface area contributed by atoms with Gasteiger partial charge in [0.05, 0.1) is 6.20 Å². The van der Waals surface area contributed by atoms with Crippen LogP contribution in [0.5, 0.6) is 0 Å². The van der Waals surface area contributed by atoms with E-state index in [0.29, 0.717) is 18.6 Å². The number of carbonyl (C=O) groups excluding carboxylic acids is 1. The molecule has 1 aromatic heterocycles. The predicted molar refractivity (Wildman–Crippen MR) is 34.0 cm³/mol. The Bertz CT molecular complexity index is 206. The van der Waals surface area contributed by atoms with Crippen molar-refractivity contribution in [3.05, 3.63) is 18.4 Å². The van der Waals surface area contributed by atoms with Gasteiger partial charge in [-0.2, -0.15) is 0 Å². The van der Waals surface area contributed by atoms with E-state index in [9.17, 15) is 4.79 Å². The normalized spacial score (nSPS) is 9.60. The molecule has 0 fully saturated rings. The van der Waals surface area contributed by atoms with Gasteiger partial charge in [0.25, 0.3) is 0 Å². The largest absolute Gasteiger partial charge is 0.449 e. The lowest BCUT2D eigenvalue weighted by atomic mass is 10.2. The molecule has 2 N–H and O–H groups in total. The lowest BCUT2D eigenvalue weighted by molar-refractivity contribution is -0.118. The Kier molecular flexibility index (Phi) is 2.04. The number of oxazole rings is 1. The van der Waals surface area contributed by atoms with Crippen molar-refractivity contribution >= 4 is 5.91 Å². The first-order valence-electron chi connectivity index (χ1n) is 2.94. The van der Waals surface area contributed by atoms with E-state index in [4.69, 9.17) is 10.2 Å². The highest BCUT2D eigenvalue weighted by atomic mass is 16.3. The van der Waals surface area contributed by atoms with Gasteiger partial charge >= 0.3 is 0 Å². The standard InChI is InChI=1S/C6H8N2O2/c7-6(9)2-1-5-3-8-4-10-5/h3-4H,1-2H2,(H2,7,9). The van der Waals surface area contributed by atoms with E-state index in [1.54, 1.807) is 6.20 Å². The maximum absolute atomic E-state index is 10.3. The molecule has 0 aliphatic carbocycles. The maximum atomic E-state index is 10.3. The first-order valence-corrected chi connectivity index (χ1v) is 2.94. The van der Waals surface area contributed by atoms with Gasteiger partial charge in [0, 0.05) is 12.8 Å². The Balaban J connectivity index is 2.35. The van der Waals surface area contributed by atoms with E-state index >= 15 is 0 Å². The van der Waals surface area contributed by atoms with Crippen molar-refractivity contribution in [1.82, 2.24) is 4.98 Å². The van der Waals surface area contributed by atoms with Gasteiger partial charge in [-0.25, -0.2) is 4.98 Å². The van der Waals surface area contributed by atoms with Crippen LogP contribution in [0, 0.1) is 0 Å². The molecule has 54 valence electrons. The van der Waals surface area contributed by atoms with Crippen LogP contribution in [0.15, 0.2) is 17.0 Å². The van der Waals surface area contributed by atoms with Crippen LogP contribution in [0.25, 0.3) is 0 Å². The molecule has 10 heavy (non-hydrogen) atoms. The number of aryl methyl sites for hydroxylation is 1. The SMILES string of the molecule is NC(=O)CCc1cnco1. The molecule has 0 spiro atoms. The Morgan fingerprint density at radius 1 is 1.80 bits per heavy atom. The summed E-state index contributed by atoms with van der Waals surface area (Å²) in [5.74, 6) is 0.371. The summed E-state index contributed by atoms with van der Waals surface area (Å²) in [6.07, 6.45) is 3.75. The van der Waals surface area contributed by atoms with Crippen molar-refractivity contribution in [3.63, 3.8) is 0 Å². The smallest absolute Gasteiger partial charge is 0.217 e. The van der Waals surface area contributed by atoms with E-state index in [0.717, 1.165) is 0 Å². The first-order chi connectivity index (χ1) is 4.79. The minimum absolute atomic E-state index is 0.315. The van der Waals surface area contributed by atoms with Crippen LogP contribution < -0.4 is 5.73 Å². The zero-order valence-corrected chi connectivity index (χ0v) is 5.41. The molecule has 1 rings (SSSR count). The zero-order valence-electron chi connectivity index (χ0n) is 5.41. The topological polar surface area (TPSA) is 69.1 Å². The molecule has 4 heteroatoms. The van der Waals surface area contributed by atoms with Crippen molar-refractivity contribution in [2.45, 2.75) is 12.8 Å². The van der Waals surface area contributed by atoms with Crippen molar-refractivity contribution in [1.29, 1.82) is 0 Å². The Morgan fingerprint density at radius 3 is 3.10 bits per heavy atom. The van der Waals surface area contributed by atoms with Gasteiger partial charge in [0.1, 0.15) is 5.76 Å². The Hall–Kier alpha value is -1.32. The third-order valence-electron chi connectivity index (χ3n) is 1.10. The van der Waals surface area contributed by atoms with Crippen LogP contribution in [0.3, 0.4) is 0 Å². The summed E-state index contributed by atoms with van der Waals surface area (Å²) in [4.78, 5) is 13.9. The second-order valence-corrected chi connectivity index (χ2v) is 1.93. The fourth-order valence-electron chi connectivity index (χ4n) is 0.612. The van der Waals surface area contributed by atoms with E-state index in [-0.39, 0.29) is 5.91 Å². The van der Waals surface area contributed by atoms with Gasteiger partial charge in [-0.1, -0.05) is 0 Å². The maximum Gasteiger partial charge on any atom is 0.217 e. The minimum atomic E-state index is -0.323. The molecule has 0 aromatic carbocycles. The van der Waals surface area contributed by atoms with Crippen molar-refractivity contribution < 1.29 is 9.21 Å². The fraction of sp³-hybridized carbons (Fsp3) is 0.333. The van der Waals surface area contributed by atoms with Crippen molar-refractivity contribution in [2.24, 2.45) is 5.73 Å². The molecule has 0 atom stereocenters. The molecule has 0 unspecified atom stereocenters. The molecule has 0 saturated carbocycles. The Morgan fingerprint density at radius 2 is 2.60 bits per heavy atom. The summed E-state index contributed by atoms with van der Waals surface area (Å²) in [5, 5.41) is 0. The second-order valence-electron chi connectivity index (χ2n) is 1.93. The molecule has 0 saturated heterocycles. The molecule has 1 heterocycles. The van der Waals surface area contributed by atoms with Gasteiger partial charge < -0.3 is 10.2 Å². The lowest BCUT2D eigenvalue weighted by Crippen LogP contribution is -2.10. The van der Waals surface area contributed by atoms with Crippen LogP contribution in [0.4, 0.5) is 0 Å². The summed E-state index contributed by atoms with van der Waals surface area (Å²) in [6, 6.07) is 0. The Labute approximate surface area is 58.0 Å². The lowest BCUT2D eigenvalue weighted by Gasteiger charge is -1.89. The van der Waals surface area contributed by atoms with Crippen LogP contribution in [-0.4, -0.2) is 10.9 Å². The zero-order chi connectivity index (χ0) is 7.40. The van der Waals surface area contributed by atoms with Gasteiger partial charge in [0.15, 0.2) is 6.39 Å².